The van der Waals surface area contributed by atoms with Crippen LogP contribution in [0.5, 0.6) is 0 Å². The summed E-state index contributed by atoms with van der Waals surface area (Å²) in [5.41, 5.74) is -14.7. The molecular weight excluding hydrogens is 945 g/mol. The van der Waals surface area contributed by atoms with Crippen LogP contribution in [0.3, 0.4) is 0 Å². The summed E-state index contributed by atoms with van der Waals surface area (Å²) in [6.45, 7) is 0. The largest absolute Gasteiger partial charge is 0.374 e. The minimum Gasteiger partial charge on any atom is -0.374 e. The van der Waals surface area contributed by atoms with Crippen molar-refractivity contribution in [2.75, 3.05) is 0 Å². The molecule has 8 bridgehead atoms. The van der Waals surface area contributed by atoms with Gasteiger partial charge >= 0.3 is 0 Å². The zero-order valence-corrected chi connectivity index (χ0v) is 31.9. The van der Waals surface area contributed by atoms with Gasteiger partial charge in [0, 0.05) is 55.6 Å². The Morgan fingerprint density at radius 1 is 0.388 bits per heavy atom. The van der Waals surface area contributed by atoms with Crippen molar-refractivity contribution in [1.29, 1.82) is 0 Å². The Morgan fingerprint density at radius 2 is 0.836 bits per heavy atom. The molecule has 0 aliphatic carbocycles. The molecule has 1 unspecified atom stereocenters. The average molecular weight is 959 g/mol. The topological polar surface area (TPSA) is 56.0 Å². The SMILES string of the molecule is Fc1cc(/C2=C3\C=CC(=N3)/C(c3c(F)c(F)c(F)c(F)c3F)=c3/cc/c([nH]3)=C(\c3c(F)c(F)c(F)c(F)c3F)C3C=C/C(=C(\c4c(F)c(F)c(F)c(F)c4F)c4ccc2[nH]4)N3)c(F)c(F)c1F. The molecule has 1 atom stereocenters. The summed E-state index contributed by atoms with van der Waals surface area (Å²) in [5.74, 6) is -47.5. The number of benzene rings is 4. The van der Waals surface area contributed by atoms with Gasteiger partial charge in [0.2, 0.25) is 17.5 Å². The first-order valence-corrected chi connectivity index (χ1v) is 18.4. The number of hydrogen-bond acceptors (Lipinski definition) is 2. The monoisotopic (exact) mass is 958 g/mol. The van der Waals surface area contributed by atoms with Crippen LogP contribution in [-0.4, -0.2) is 21.7 Å². The molecule has 0 saturated carbocycles. The van der Waals surface area contributed by atoms with E-state index < -0.39 is 200 Å². The summed E-state index contributed by atoms with van der Waals surface area (Å²) < 4.78 is 287. The van der Waals surface area contributed by atoms with Gasteiger partial charge in [0.15, 0.2) is 93.1 Å². The van der Waals surface area contributed by atoms with E-state index in [0.717, 1.165) is 36.4 Å². The van der Waals surface area contributed by atoms with Crippen LogP contribution < -0.4 is 16.0 Å². The normalized spacial score (nSPS) is 19.5. The summed E-state index contributed by atoms with van der Waals surface area (Å²) in [4.78, 5) is 8.79. The fourth-order valence-corrected chi connectivity index (χ4v) is 7.74. The Balaban J connectivity index is 1.50. The van der Waals surface area contributed by atoms with Crippen LogP contribution in [0.2, 0.25) is 0 Å². The van der Waals surface area contributed by atoms with Gasteiger partial charge in [-0.25, -0.2) is 88.4 Å². The second kappa shape index (κ2) is 15.7. The lowest BCUT2D eigenvalue weighted by Gasteiger charge is -2.20. The number of aliphatic imine (C=N–C) groups is 1. The summed E-state index contributed by atoms with van der Waals surface area (Å²) in [7, 11) is 0. The van der Waals surface area contributed by atoms with E-state index >= 15 is 30.7 Å². The molecule has 0 amide bonds. The van der Waals surface area contributed by atoms with E-state index in [0.29, 0.717) is 12.1 Å². The number of allylic oxidation sites excluding steroid dienone is 3. The van der Waals surface area contributed by atoms with Crippen LogP contribution in [0.25, 0.3) is 22.3 Å². The molecule has 3 N–H and O–H groups in total. The third kappa shape index (κ3) is 6.52. The standard InChI is InChI=1S/C44H13F19N4/c45-11-9-10(27(46)35(54)28(11)47)20-12-1-3-14(64-12)21(24-29(48)36(55)42(61)37(56)30(24)49)16-5-7-18(66-16)23(26-33(52)40(59)44(63)41(60)34(26)53)19-8-6-17(67-19)22(15-4-2-13(20)65-15)25-31(50)38(57)43(62)39(58)32(25)51/h1-9,18,64,66-67H/b20-13-,21-16+,22-17+,23-19+. The highest BCUT2D eigenvalue weighted by atomic mass is 19.2. The number of nitrogens with zero attached hydrogens (tertiary/aromatic N) is 1. The Morgan fingerprint density at radius 3 is 1.37 bits per heavy atom. The van der Waals surface area contributed by atoms with Crippen molar-refractivity contribution in [3.63, 3.8) is 0 Å². The minimum absolute atomic E-state index is 0.0637. The van der Waals surface area contributed by atoms with E-state index in [1.165, 1.54) is 0 Å². The molecule has 67 heavy (non-hydrogen) atoms. The zero-order chi connectivity index (χ0) is 48.4. The van der Waals surface area contributed by atoms with Gasteiger partial charge < -0.3 is 15.3 Å². The fraction of sp³-hybridized carbons (Fsp3) is 0.0227. The highest BCUT2D eigenvalue weighted by molar-refractivity contribution is 6.30. The zero-order valence-electron chi connectivity index (χ0n) is 31.9. The van der Waals surface area contributed by atoms with Gasteiger partial charge in [-0.3, -0.25) is 0 Å². The maximum absolute atomic E-state index is 15.8. The van der Waals surface area contributed by atoms with Crippen LogP contribution in [0.15, 0.2) is 71.0 Å². The number of H-pyrrole nitrogens is 2. The number of halogens is 19. The van der Waals surface area contributed by atoms with Crippen LogP contribution in [-0.2, 0) is 0 Å². The third-order valence-corrected chi connectivity index (χ3v) is 10.7. The molecule has 0 fully saturated rings. The molecule has 0 spiro atoms. The molecule has 3 aliphatic heterocycles. The molecule has 9 rings (SSSR count). The maximum Gasteiger partial charge on any atom is 0.200 e. The molecule has 23 heteroatoms. The Bertz CT molecular complexity index is 3470. The summed E-state index contributed by atoms with van der Waals surface area (Å²) in [6, 6.07) is 1.02. The molecule has 0 saturated heterocycles. The number of fused-ring (bicyclic) bond motifs is 7. The van der Waals surface area contributed by atoms with Crippen LogP contribution >= 0.6 is 0 Å². The number of hydrogen-bond donors (Lipinski definition) is 3. The van der Waals surface area contributed by atoms with Crippen molar-refractivity contribution in [1.82, 2.24) is 15.3 Å². The van der Waals surface area contributed by atoms with Crippen molar-refractivity contribution >= 4 is 28.0 Å². The minimum atomic E-state index is -2.67. The molecular formula is C44H13F19N4. The van der Waals surface area contributed by atoms with Crippen molar-refractivity contribution in [3.05, 3.63) is 221 Å². The van der Waals surface area contributed by atoms with Crippen molar-refractivity contribution < 1.29 is 83.4 Å². The van der Waals surface area contributed by atoms with E-state index in [1.807, 2.05) is 0 Å². The first-order chi connectivity index (χ1) is 31.7. The molecule has 6 aromatic rings. The van der Waals surface area contributed by atoms with Gasteiger partial charge in [-0.1, -0.05) is 6.08 Å². The molecule has 3 aliphatic rings. The number of nitrogens with one attached hydrogen (secondary N) is 3. The lowest BCUT2D eigenvalue weighted by Crippen LogP contribution is -2.31. The number of aromatic nitrogens is 2. The van der Waals surface area contributed by atoms with E-state index in [9.17, 15) is 52.7 Å². The van der Waals surface area contributed by atoms with E-state index in [4.69, 9.17) is 0 Å². The lowest BCUT2D eigenvalue weighted by molar-refractivity contribution is 0.375. The second-order valence-corrected chi connectivity index (χ2v) is 14.4. The van der Waals surface area contributed by atoms with Gasteiger partial charge in [-0.15, -0.1) is 0 Å². The molecule has 342 valence electrons. The molecule has 5 heterocycles. The van der Waals surface area contributed by atoms with Gasteiger partial charge in [0.25, 0.3) is 0 Å². The smallest absolute Gasteiger partial charge is 0.200 e. The second-order valence-electron chi connectivity index (χ2n) is 14.4. The summed E-state index contributed by atoms with van der Waals surface area (Å²) in [6.07, 6.45) is 3.02. The lowest BCUT2D eigenvalue weighted by atomic mass is 9.96. The highest BCUT2D eigenvalue weighted by Crippen LogP contribution is 2.41. The molecule has 0 radical (unpaired) electrons. The van der Waals surface area contributed by atoms with Gasteiger partial charge in [0.1, 0.15) is 0 Å². The summed E-state index contributed by atoms with van der Waals surface area (Å²) in [5, 5.41) is 0.732. The Hall–Kier alpha value is -7.72. The first kappa shape index (κ1) is 44.5. The van der Waals surface area contributed by atoms with Gasteiger partial charge in [-0.2, -0.15) is 0 Å². The molecule has 2 aromatic heterocycles. The highest BCUT2D eigenvalue weighted by Gasteiger charge is 2.37. The first-order valence-electron chi connectivity index (χ1n) is 18.4. The Kier molecular flexibility index (Phi) is 10.4. The van der Waals surface area contributed by atoms with Crippen LogP contribution in [0.4, 0.5) is 83.4 Å². The maximum atomic E-state index is 15.8. The number of rotatable bonds is 4. The van der Waals surface area contributed by atoms with Crippen LogP contribution in [0, 0.1) is 111 Å². The molecule has 4 nitrogen and oxygen atoms in total. The van der Waals surface area contributed by atoms with Gasteiger partial charge in [-0.05, 0) is 48.6 Å². The average Bonchev–Trinajstić information content (AvgIpc) is 4.17. The predicted octanol–water partition coefficient (Wildman–Crippen LogP) is 10.2. The fourth-order valence-electron chi connectivity index (χ4n) is 7.74. The van der Waals surface area contributed by atoms with Gasteiger partial charge in [0.05, 0.1) is 34.1 Å². The predicted molar refractivity (Wildman–Crippen MR) is 196 cm³/mol. The number of aromatic amines is 2. The van der Waals surface area contributed by atoms with E-state index in [-0.39, 0.29) is 6.07 Å². The van der Waals surface area contributed by atoms with Crippen LogP contribution in [0.1, 0.15) is 33.6 Å². The third-order valence-electron chi connectivity index (χ3n) is 10.7. The van der Waals surface area contributed by atoms with E-state index in [2.05, 4.69) is 20.3 Å². The molecule has 4 aromatic carbocycles. The quantitative estimate of drug-likeness (QED) is 0.0921. The van der Waals surface area contributed by atoms with E-state index in [1.54, 1.807) is 0 Å². The summed E-state index contributed by atoms with van der Waals surface area (Å²) >= 11 is 0. The van der Waals surface area contributed by atoms with Crippen molar-refractivity contribution in [3.8, 4) is 0 Å². The van der Waals surface area contributed by atoms with Crippen molar-refractivity contribution in [2.45, 2.75) is 6.04 Å². The Labute approximate surface area is 358 Å². The van der Waals surface area contributed by atoms with Crippen molar-refractivity contribution in [2.24, 2.45) is 4.99 Å².